The summed E-state index contributed by atoms with van der Waals surface area (Å²) in [5.41, 5.74) is 8.63. The number of benzene rings is 2. The third-order valence-corrected chi connectivity index (χ3v) is 4.36. The van der Waals surface area contributed by atoms with E-state index in [1.54, 1.807) is 24.3 Å². The van der Waals surface area contributed by atoms with Gasteiger partial charge in [-0.2, -0.15) is 0 Å². The average Bonchev–Trinajstić information content (AvgIpc) is 2.76. The van der Waals surface area contributed by atoms with Gasteiger partial charge in [0, 0.05) is 5.56 Å². The van der Waals surface area contributed by atoms with Gasteiger partial charge in [-0.05, 0) is 41.0 Å². The minimum Gasteiger partial charge on any atom is -0.496 e. The number of rotatable bonds is 9. The summed E-state index contributed by atoms with van der Waals surface area (Å²) >= 11 is 0. The summed E-state index contributed by atoms with van der Waals surface area (Å²) in [6.45, 7) is -0.926. The van der Waals surface area contributed by atoms with E-state index in [2.05, 4.69) is 5.32 Å². The van der Waals surface area contributed by atoms with E-state index < -0.39 is 18.6 Å². The van der Waals surface area contributed by atoms with Crippen molar-refractivity contribution in [2.45, 2.75) is 19.3 Å². The molecule has 0 aromatic heterocycles. The number of hydrogen-bond donors (Lipinski definition) is 5. The molecule has 0 saturated carbocycles. The van der Waals surface area contributed by atoms with Crippen LogP contribution in [0.3, 0.4) is 0 Å². The number of nitrogens with two attached hydrogens (primary N) is 1. The quantitative estimate of drug-likeness (QED) is 0.397. The zero-order valence-electron chi connectivity index (χ0n) is 16.4. The van der Waals surface area contributed by atoms with E-state index in [1.165, 1.54) is 14.2 Å². The first-order chi connectivity index (χ1) is 14.0. The summed E-state index contributed by atoms with van der Waals surface area (Å²) in [6, 6.07) is 7.71. The lowest BCUT2D eigenvalue weighted by Crippen LogP contribution is -2.38. The number of aliphatic hydroxyl groups is 3. The minimum atomic E-state index is -1.03. The van der Waals surface area contributed by atoms with E-state index in [9.17, 15) is 15.0 Å². The van der Waals surface area contributed by atoms with Gasteiger partial charge in [0.2, 0.25) is 5.91 Å². The van der Waals surface area contributed by atoms with Crippen LogP contribution in [0.1, 0.15) is 22.3 Å². The predicted molar refractivity (Wildman–Crippen MR) is 110 cm³/mol. The van der Waals surface area contributed by atoms with E-state index in [4.69, 9.17) is 20.3 Å². The number of carbonyl (C=O) groups excluding carboxylic acids is 1. The highest BCUT2D eigenvalue weighted by Crippen LogP contribution is 2.28. The first-order valence-corrected chi connectivity index (χ1v) is 8.92. The van der Waals surface area contributed by atoms with Crippen LogP contribution in [-0.2, 0) is 18.0 Å². The highest BCUT2D eigenvalue weighted by atomic mass is 16.5. The summed E-state index contributed by atoms with van der Waals surface area (Å²) in [5, 5.41) is 30.7. The fourth-order valence-electron chi connectivity index (χ4n) is 2.75. The molecule has 0 aliphatic rings. The molecule has 0 aliphatic heterocycles. The molecule has 0 saturated heterocycles. The van der Waals surface area contributed by atoms with Gasteiger partial charge in [0.25, 0.3) is 0 Å². The van der Waals surface area contributed by atoms with Crippen molar-refractivity contribution in [2.24, 2.45) is 5.73 Å². The molecule has 0 aliphatic carbocycles. The largest absolute Gasteiger partial charge is 0.496 e. The standard InChI is InChI=1S/C21H26N2O6/c1-28-19-6-5-13(8-18(19)23-21(27)17(22)12-26)3-4-14-7-15(10-24)16(11-25)20(9-14)29-2/h3-9,17,24-26H,10-12,22H2,1-2H3,(H,23,27)/t17-/m0/s1. The van der Waals surface area contributed by atoms with Crippen LogP contribution < -0.4 is 20.5 Å². The van der Waals surface area contributed by atoms with Crippen molar-refractivity contribution in [3.05, 3.63) is 52.6 Å². The molecule has 0 fully saturated rings. The average molecular weight is 402 g/mol. The molecular weight excluding hydrogens is 376 g/mol. The van der Waals surface area contributed by atoms with Gasteiger partial charge in [-0.25, -0.2) is 0 Å². The molecule has 2 aromatic rings. The summed E-state index contributed by atoms with van der Waals surface area (Å²) in [7, 11) is 2.98. The lowest BCUT2D eigenvalue weighted by Gasteiger charge is -2.14. The highest BCUT2D eigenvalue weighted by Gasteiger charge is 2.15. The topological polar surface area (TPSA) is 134 Å². The van der Waals surface area contributed by atoms with Crippen LogP contribution in [0.4, 0.5) is 5.69 Å². The van der Waals surface area contributed by atoms with E-state index >= 15 is 0 Å². The van der Waals surface area contributed by atoms with Gasteiger partial charge in [0.1, 0.15) is 17.5 Å². The number of amides is 1. The van der Waals surface area contributed by atoms with Crippen molar-refractivity contribution in [3.8, 4) is 11.5 Å². The van der Waals surface area contributed by atoms with Gasteiger partial charge in [-0.1, -0.05) is 18.2 Å². The van der Waals surface area contributed by atoms with Crippen molar-refractivity contribution in [1.82, 2.24) is 0 Å². The maximum atomic E-state index is 12.0. The predicted octanol–water partition coefficient (Wildman–Crippen LogP) is 1.12. The lowest BCUT2D eigenvalue weighted by atomic mass is 10.0. The minimum absolute atomic E-state index is 0.224. The van der Waals surface area contributed by atoms with Crippen LogP contribution in [0, 0.1) is 0 Å². The number of ether oxygens (including phenoxy) is 2. The molecule has 6 N–H and O–H groups in total. The Balaban J connectivity index is 2.33. The Morgan fingerprint density at radius 3 is 2.31 bits per heavy atom. The molecule has 0 heterocycles. The number of anilines is 1. The molecule has 1 amide bonds. The fourth-order valence-corrected chi connectivity index (χ4v) is 2.75. The lowest BCUT2D eigenvalue weighted by molar-refractivity contribution is -0.118. The second-order valence-corrected chi connectivity index (χ2v) is 6.25. The Kier molecular flexibility index (Phi) is 8.17. The zero-order valence-corrected chi connectivity index (χ0v) is 16.4. The van der Waals surface area contributed by atoms with Gasteiger partial charge in [0.05, 0.1) is 39.7 Å². The Morgan fingerprint density at radius 1 is 1.03 bits per heavy atom. The molecule has 0 bridgehead atoms. The molecule has 0 spiro atoms. The molecule has 29 heavy (non-hydrogen) atoms. The van der Waals surface area contributed by atoms with Gasteiger partial charge in [-0.15, -0.1) is 0 Å². The Hall–Kier alpha value is -2.91. The molecule has 8 nitrogen and oxygen atoms in total. The number of hydrogen-bond acceptors (Lipinski definition) is 7. The summed E-state index contributed by atoms with van der Waals surface area (Å²) < 4.78 is 10.5. The summed E-state index contributed by atoms with van der Waals surface area (Å²) in [4.78, 5) is 12.0. The zero-order chi connectivity index (χ0) is 21.4. The van der Waals surface area contributed by atoms with Crippen molar-refractivity contribution >= 4 is 23.7 Å². The number of carbonyl (C=O) groups is 1. The van der Waals surface area contributed by atoms with Crippen LogP contribution in [0.25, 0.3) is 12.2 Å². The van der Waals surface area contributed by atoms with Crippen molar-refractivity contribution in [3.63, 3.8) is 0 Å². The fraction of sp³-hybridized carbons (Fsp3) is 0.286. The van der Waals surface area contributed by atoms with Crippen LogP contribution >= 0.6 is 0 Å². The molecule has 0 radical (unpaired) electrons. The van der Waals surface area contributed by atoms with Gasteiger partial charge >= 0.3 is 0 Å². The Morgan fingerprint density at radius 2 is 1.72 bits per heavy atom. The Labute approximate surface area is 169 Å². The van der Waals surface area contributed by atoms with Crippen LogP contribution in [-0.4, -0.2) is 48.1 Å². The van der Waals surface area contributed by atoms with Crippen LogP contribution in [0.5, 0.6) is 11.5 Å². The van der Waals surface area contributed by atoms with Gasteiger partial charge in [0.15, 0.2) is 0 Å². The number of methoxy groups -OCH3 is 2. The monoisotopic (exact) mass is 402 g/mol. The van der Waals surface area contributed by atoms with E-state index in [-0.39, 0.29) is 13.2 Å². The molecule has 2 rings (SSSR count). The summed E-state index contributed by atoms with van der Waals surface area (Å²) in [6.07, 6.45) is 3.63. The third kappa shape index (κ3) is 5.55. The first-order valence-electron chi connectivity index (χ1n) is 8.92. The summed E-state index contributed by atoms with van der Waals surface area (Å²) in [5.74, 6) is 0.417. The van der Waals surface area contributed by atoms with Crippen molar-refractivity contribution in [2.75, 3.05) is 26.1 Å². The third-order valence-electron chi connectivity index (χ3n) is 4.36. The second-order valence-electron chi connectivity index (χ2n) is 6.25. The normalized spacial score (nSPS) is 12.1. The van der Waals surface area contributed by atoms with Crippen molar-refractivity contribution < 1.29 is 29.6 Å². The molecule has 1 atom stereocenters. The van der Waals surface area contributed by atoms with Crippen molar-refractivity contribution in [1.29, 1.82) is 0 Å². The molecular formula is C21H26N2O6. The second kappa shape index (κ2) is 10.6. The van der Waals surface area contributed by atoms with E-state index in [0.717, 1.165) is 11.1 Å². The molecule has 2 aromatic carbocycles. The van der Waals surface area contributed by atoms with E-state index in [0.29, 0.717) is 28.3 Å². The number of nitrogens with one attached hydrogen (secondary N) is 1. The van der Waals surface area contributed by atoms with Gasteiger partial charge in [-0.3, -0.25) is 4.79 Å². The maximum Gasteiger partial charge on any atom is 0.243 e. The van der Waals surface area contributed by atoms with Gasteiger partial charge < -0.3 is 35.8 Å². The smallest absolute Gasteiger partial charge is 0.243 e. The molecule has 0 unspecified atom stereocenters. The van der Waals surface area contributed by atoms with Crippen LogP contribution in [0.2, 0.25) is 0 Å². The van der Waals surface area contributed by atoms with Crippen LogP contribution in [0.15, 0.2) is 30.3 Å². The highest BCUT2D eigenvalue weighted by molar-refractivity contribution is 5.96. The maximum absolute atomic E-state index is 12.0. The first kappa shape index (κ1) is 22.4. The molecule has 8 heteroatoms. The Bertz CT molecular complexity index is 856. The van der Waals surface area contributed by atoms with E-state index in [1.807, 2.05) is 18.2 Å². The SMILES string of the molecule is COc1ccc(C=Cc2cc(CO)c(CO)c(OC)c2)cc1NC(=O)[C@@H](N)CO. The molecule has 156 valence electrons. The number of aliphatic hydroxyl groups excluding tert-OH is 3.